The fraction of sp³-hybridized carbons (Fsp3) is 0.467. The summed E-state index contributed by atoms with van der Waals surface area (Å²) in [4.78, 5) is 23.5. The molecule has 2 aromatic rings. The average Bonchev–Trinajstić information content (AvgIpc) is 3.27. The Bertz CT molecular complexity index is 675. The summed E-state index contributed by atoms with van der Waals surface area (Å²) in [5, 5.41) is 13.7. The molecule has 2 heterocycles. The molecule has 0 saturated carbocycles. The number of nitrogens with one attached hydrogen (secondary N) is 2. The van der Waals surface area contributed by atoms with E-state index in [4.69, 9.17) is 4.42 Å². The number of furan rings is 1. The van der Waals surface area contributed by atoms with Crippen LogP contribution in [-0.4, -0.2) is 40.1 Å². The first-order valence-corrected chi connectivity index (χ1v) is 10.6. The summed E-state index contributed by atoms with van der Waals surface area (Å²) in [5.41, 5.74) is 0. The standard InChI is InChI=1S/C15H20N4O3S3/c1-3-6-16-12(20)8-23-14-18-19-15(25-14)24-9-13(21)17-10(2)11-5-4-7-22-11/h4-5,7,10H,3,6,8-9H2,1-2H3,(H,16,20)(H,17,21)/t10-/m0/s1. The average molecular weight is 401 g/mol. The number of rotatable bonds is 10. The Morgan fingerprint density at radius 1 is 1.24 bits per heavy atom. The van der Waals surface area contributed by atoms with Crippen molar-refractivity contribution >= 4 is 46.7 Å². The summed E-state index contributed by atoms with van der Waals surface area (Å²) in [6, 6.07) is 3.43. The van der Waals surface area contributed by atoms with Crippen LogP contribution >= 0.6 is 34.9 Å². The van der Waals surface area contributed by atoms with Crippen LogP contribution in [0.5, 0.6) is 0 Å². The van der Waals surface area contributed by atoms with Crippen LogP contribution < -0.4 is 10.6 Å². The van der Waals surface area contributed by atoms with Crippen molar-refractivity contribution in [2.75, 3.05) is 18.1 Å². The zero-order chi connectivity index (χ0) is 18.1. The normalized spacial score (nSPS) is 11.9. The first-order valence-electron chi connectivity index (χ1n) is 7.77. The second-order valence-electron chi connectivity index (χ2n) is 5.07. The fourth-order valence-electron chi connectivity index (χ4n) is 1.78. The molecule has 0 aliphatic carbocycles. The third kappa shape index (κ3) is 7.09. The number of hydrogen-bond acceptors (Lipinski definition) is 8. The molecular formula is C15H20N4O3S3. The van der Waals surface area contributed by atoms with Gasteiger partial charge in [0, 0.05) is 6.54 Å². The Balaban J connectivity index is 1.70. The smallest absolute Gasteiger partial charge is 0.231 e. The second-order valence-corrected chi connectivity index (χ2v) is 8.49. The van der Waals surface area contributed by atoms with Gasteiger partial charge in [-0.1, -0.05) is 41.8 Å². The van der Waals surface area contributed by atoms with E-state index in [1.165, 1.54) is 34.9 Å². The highest BCUT2D eigenvalue weighted by atomic mass is 32.2. The molecule has 2 aromatic heterocycles. The third-order valence-electron chi connectivity index (χ3n) is 2.96. The summed E-state index contributed by atoms with van der Waals surface area (Å²) in [6.45, 7) is 4.56. The van der Waals surface area contributed by atoms with E-state index in [1.54, 1.807) is 12.3 Å². The van der Waals surface area contributed by atoms with Crippen LogP contribution in [0, 0.1) is 0 Å². The van der Waals surface area contributed by atoms with Crippen LogP contribution in [0.25, 0.3) is 0 Å². The SMILES string of the molecule is CCCNC(=O)CSc1nnc(SCC(=O)N[C@@H](C)c2ccco2)s1. The molecule has 0 saturated heterocycles. The molecule has 0 aliphatic heterocycles. The zero-order valence-electron chi connectivity index (χ0n) is 14.0. The summed E-state index contributed by atoms with van der Waals surface area (Å²) >= 11 is 4.06. The lowest BCUT2D eigenvalue weighted by Gasteiger charge is -2.10. The summed E-state index contributed by atoms with van der Waals surface area (Å²) < 4.78 is 6.68. The van der Waals surface area contributed by atoms with Crippen LogP contribution in [0.15, 0.2) is 31.5 Å². The predicted molar refractivity (Wildman–Crippen MR) is 99.9 cm³/mol. The van der Waals surface area contributed by atoms with Crippen LogP contribution in [0.3, 0.4) is 0 Å². The number of aromatic nitrogens is 2. The Morgan fingerprint density at radius 2 is 1.92 bits per heavy atom. The molecule has 7 nitrogen and oxygen atoms in total. The van der Waals surface area contributed by atoms with Gasteiger partial charge >= 0.3 is 0 Å². The molecule has 0 radical (unpaired) electrons. The maximum Gasteiger partial charge on any atom is 0.231 e. The van der Waals surface area contributed by atoms with Crippen LogP contribution in [-0.2, 0) is 9.59 Å². The summed E-state index contributed by atoms with van der Waals surface area (Å²) in [5.74, 6) is 1.18. The van der Waals surface area contributed by atoms with E-state index in [0.29, 0.717) is 22.4 Å². The molecule has 2 amide bonds. The first-order chi connectivity index (χ1) is 12.1. The molecule has 1 atom stereocenters. The molecule has 0 spiro atoms. The zero-order valence-corrected chi connectivity index (χ0v) is 16.4. The van der Waals surface area contributed by atoms with Crippen molar-refractivity contribution in [3.05, 3.63) is 24.2 Å². The van der Waals surface area contributed by atoms with Crippen LogP contribution in [0.4, 0.5) is 0 Å². The maximum absolute atomic E-state index is 12.0. The number of amides is 2. The van der Waals surface area contributed by atoms with Crippen LogP contribution in [0.1, 0.15) is 32.1 Å². The third-order valence-corrected chi connectivity index (χ3v) is 6.15. The quantitative estimate of drug-likeness (QED) is 0.592. The van der Waals surface area contributed by atoms with E-state index < -0.39 is 0 Å². The minimum atomic E-state index is -0.176. The second kappa shape index (κ2) is 10.5. The van der Waals surface area contributed by atoms with Gasteiger partial charge < -0.3 is 15.1 Å². The minimum Gasteiger partial charge on any atom is -0.467 e. The Hall–Kier alpha value is -1.52. The van der Waals surface area contributed by atoms with Crippen molar-refractivity contribution in [1.82, 2.24) is 20.8 Å². The lowest BCUT2D eigenvalue weighted by Crippen LogP contribution is -2.27. The summed E-state index contributed by atoms with van der Waals surface area (Å²) in [6.07, 6.45) is 2.49. The van der Waals surface area contributed by atoms with Crippen molar-refractivity contribution < 1.29 is 14.0 Å². The maximum atomic E-state index is 12.0. The van der Waals surface area contributed by atoms with E-state index in [1.807, 2.05) is 19.9 Å². The molecule has 0 aliphatic rings. The van der Waals surface area contributed by atoms with Crippen LogP contribution in [0.2, 0.25) is 0 Å². The van der Waals surface area contributed by atoms with Gasteiger partial charge in [0.2, 0.25) is 11.8 Å². The van der Waals surface area contributed by atoms with Crippen molar-refractivity contribution in [2.45, 2.75) is 35.0 Å². The molecular weight excluding hydrogens is 380 g/mol. The fourth-order valence-corrected chi connectivity index (χ4v) is 4.44. The highest BCUT2D eigenvalue weighted by Gasteiger charge is 2.14. The number of carbonyl (C=O) groups excluding carboxylic acids is 2. The Morgan fingerprint density at radius 3 is 2.52 bits per heavy atom. The highest BCUT2D eigenvalue weighted by Crippen LogP contribution is 2.28. The summed E-state index contributed by atoms with van der Waals surface area (Å²) in [7, 11) is 0. The van der Waals surface area contributed by atoms with Crippen molar-refractivity contribution in [2.24, 2.45) is 0 Å². The first kappa shape index (κ1) is 19.8. The lowest BCUT2D eigenvalue weighted by molar-refractivity contribution is -0.119. The molecule has 0 fully saturated rings. The molecule has 0 aromatic carbocycles. The van der Waals surface area contributed by atoms with Gasteiger partial charge in [-0.3, -0.25) is 9.59 Å². The lowest BCUT2D eigenvalue weighted by atomic mass is 10.2. The van der Waals surface area contributed by atoms with E-state index >= 15 is 0 Å². The van der Waals surface area contributed by atoms with Crippen molar-refractivity contribution in [3.63, 3.8) is 0 Å². The van der Waals surface area contributed by atoms with Gasteiger partial charge in [-0.25, -0.2) is 0 Å². The minimum absolute atomic E-state index is 0.0115. The number of nitrogens with zero attached hydrogens (tertiary/aromatic N) is 2. The van der Waals surface area contributed by atoms with Gasteiger partial charge in [0.1, 0.15) is 5.76 Å². The monoisotopic (exact) mass is 400 g/mol. The predicted octanol–water partition coefficient (Wildman–Crippen LogP) is 2.72. The molecule has 2 rings (SSSR count). The number of hydrogen-bond donors (Lipinski definition) is 2. The molecule has 2 N–H and O–H groups in total. The molecule has 0 unspecified atom stereocenters. The van der Waals surface area contributed by atoms with Gasteiger partial charge in [0.05, 0.1) is 23.8 Å². The van der Waals surface area contributed by atoms with E-state index in [9.17, 15) is 9.59 Å². The van der Waals surface area contributed by atoms with Gasteiger partial charge in [-0.05, 0) is 25.5 Å². The molecule has 136 valence electrons. The number of carbonyl (C=O) groups is 2. The van der Waals surface area contributed by atoms with Gasteiger partial charge in [-0.15, -0.1) is 10.2 Å². The molecule has 25 heavy (non-hydrogen) atoms. The highest BCUT2D eigenvalue weighted by molar-refractivity contribution is 8.03. The molecule has 0 bridgehead atoms. The van der Waals surface area contributed by atoms with Gasteiger partial charge in [0.15, 0.2) is 8.68 Å². The Kier molecular flexibility index (Phi) is 8.29. The number of thioether (sulfide) groups is 2. The Labute approximate surface area is 158 Å². The van der Waals surface area contributed by atoms with Gasteiger partial charge in [-0.2, -0.15) is 0 Å². The molecule has 10 heteroatoms. The largest absolute Gasteiger partial charge is 0.467 e. The van der Waals surface area contributed by atoms with E-state index in [2.05, 4.69) is 20.8 Å². The van der Waals surface area contributed by atoms with Crippen molar-refractivity contribution in [1.29, 1.82) is 0 Å². The van der Waals surface area contributed by atoms with Crippen molar-refractivity contribution in [3.8, 4) is 0 Å². The van der Waals surface area contributed by atoms with E-state index in [0.717, 1.165) is 10.8 Å². The van der Waals surface area contributed by atoms with E-state index in [-0.39, 0.29) is 23.6 Å². The topological polar surface area (TPSA) is 97.1 Å². The van der Waals surface area contributed by atoms with Gasteiger partial charge in [0.25, 0.3) is 0 Å².